The van der Waals surface area contributed by atoms with Crippen molar-refractivity contribution in [2.45, 2.75) is 25.4 Å². The molecule has 0 aliphatic carbocycles. The van der Waals surface area contributed by atoms with E-state index in [2.05, 4.69) is 48.6 Å². The Bertz CT molecular complexity index is 544. The van der Waals surface area contributed by atoms with Gasteiger partial charge in [0.1, 0.15) is 17.8 Å². The zero-order valence-electron chi connectivity index (χ0n) is 9.36. The van der Waals surface area contributed by atoms with Crippen LogP contribution in [0.3, 0.4) is 0 Å². The van der Waals surface area contributed by atoms with Crippen LogP contribution in [0.15, 0.2) is 12.5 Å². The number of hydrogen-bond donors (Lipinski definition) is 2. The van der Waals surface area contributed by atoms with Gasteiger partial charge in [-0.1, -0.05) is 0 Å². The Hall–Kier alpha value is -0.890. The molecule has 1 aliphatic rings. The van der Waals surface area contributed by atoms with Crippen LogP contribution in [0.4, 0.5) is 5.82 Å². The number of anilines is 1. The van der Waals surface area contributed by atoms with E-state index in [1.807, 2.05) is 0 Å². The van der Waals surface area contributed by atoms with Crippen LogP contribution >= 0.6 is 22.6 Å². The summed E-state index contributed by atoms with van der Waals surface area (Å²) in [6.07, 6.45) is 6.14. The van der Waals surface area contributed by atoms with E-state index < -0.39 is 0 Å². The van der Waals surface area contributed by atoms with Gasteiger partial charge in [0.25, 0.3) is 0 Å². The van der Waals surface area contributed by atoms with Gasteiger partial charge in [-0.25, -0.2) is 9.97 Å². The van der Waals surface area contributed by atoms with E-state index in [1.54, 1.807) is 0 Å². The first-order valence-corrected chi connectivity index (χ1v) is 6.82. The first-order valence-electron chi connectivity index (χ1n) is 5.74. The van der Waals surface area contributed by atoms with Crippen LogP contribution in [-0.2, 0) is 6.54 Å². The lowest BCUT2D eigenvalue weighted by molar-refractivity contribution is 0.517. The topological polar surface area (TPSA) is 68.8 Å². The molecule has 0 radical (unpaired) electrons. The van der Waals surface area contributed by atoms with E-state index >= 15 is 0 Å². The van der Waals surface area contributed by atoms with E-state index in [0.29, 0.717) is 11.9 Å². The van der Waals surface area contributed by atoms with Crippen LogP contribution in [-0.4, -0.2) is 27.1 Å². The lowest BCUT2D eigenvalue weighted by Crippen LogP contribution is -2.26. The summed E-state index contributed by atoms with van der Waals surface area (Å²) in [5.74, 6) is 0.567. The van der Waals surface area contributed by atoms with Gasteiger partial charge in [-0.3, -0.25) is 0 Å². The number of halogens is 1. The molecular weight excluding hydrogens is 329 g/mol. The molecule has 3 N–H and O–H groups in total. The van der Waals surface area contributed by atoms with Gasteiger partial charge in [-0.05, 0) is 42.0 Å². The molecule has 6 heteroatoms. The minimum absolute atomic E-state index is 0.553. The second kappa shape index (κ2) is 4.41. The van der Waals surface area contributed by atoms with Crippen molar-refractivity contribution in [1.82, 2.24) is 19.9 Å². The quantitative estimate of drug-likeness (QED) is 0.809. The standard InChI is InChI=1S/C11H14IN5/c12-8-5-17(4-7-2-1-3-14-7)11-9(8)10(13)15-6-16-11/h5-7,14H,1-4H2,(H2,13,15,16). The van der Waals surface area contributed by atoms with Gasteiger partial charge >= 0.3 is 0 Å². The summed E-state index contributed by atoms with van der Waals surface area (Å²) in [5.41, 5.74) is 6.83. The minimum atomic E-state index is 0.553. The highest BCUT2D eigenvalue weighted by Gasteiger charge is 2.17. The summed E-state index contributed by atoms with van der Waals surface area (Å²) < 4.78 is 3.30. The summed E-state index contributed by atoms with van der Waals surface area (Å²) in [6.45, 7) is 2.08. The summed E-state index contributed by atoms with van der Waals surface area (Å²) >= 11 is 2.29. The van der Waals surface area contributed by atoms with Crippen molar-refractivity contribution in [3.63, 3.8) is 0 Å². The molecule has 17 heavy (non-hydrogen) atoms. The molecule has 1 unspecified atom stereocenters. The van der Waals surface area contributed by atoms with Crippen LogP contribution in [0.1, 0.15) is 12.8 Å². The molecule has 1 fully saturated rings. The molecule has 3 heterocycles. The molecule has 1 aliphatic heterocycles. The van der Waals surface area contributed by atoms with E-state index in [1.165, 1.54) is 19.2 Å². The zero-order valence-corrected chi connectivity index (χ0v) is 11.5. The minimum Gasteiger partial charge on any atom is -0.383 e. The normalized spacial score (nSPS) is 20.2. The molecule has 0 aromatic carbocycles. The number of nitrogens with two attached hydrogens (primary N) is 1. The molecule has 2 aromatic rings. The van der Waals surface area contributed by atoms with E-state index in [9.17, 15) is 0 Å². The summed E-state index contributed by atoms with van der Waals surface area (Å²) in [5, 5.41) is 4.47. The van der Waals surface area contributed by atoms with Gasteiger partial charge < -0.3 is 15.6 Å². The first kappa shape index (κ1) is 11.2. The largest absolute Gasteiger partial charge is 0.383 e. The van der Waals surface area contributed by atoms with Crippen LogP contribution in [0.2, 0.25) is 0 Å². The Morgan fingerprint density at radius 2 is 2.41 bits per heavy atom. The average Bonchev–Trinajstić information content (AvgIpc) is 2.90. The van der Waals surface area contributed by atoms with Crippen molar-refractivity contribution in [3.05, 3.63) is 16.1 Å². The van der Waals surface area contributed by atoms with E-state index in [4.69, 9.17) is 5.73 Å². The van der Waals surface area contributed by atoms with Gasteiger partial charge in [-0.15, -0.1) is 0 Å². The van der Waals surface area contributed by atoms with Crippen molar-refractivity contribution in [2.24, 2.45) is 0 Å². The summed E-state index contributed by atoms with van der Waals surface area (Å²) in [7, 11) is 0. The van der Waals surface area contributed by atoms with Gasteiger partial charge in [0.05, 0.1) is 5.39 Å². The fraction of sp³-hybridized carbons (Fsp3) is 0.455. The highest BCUT2D eigenvalue weighted by atomic mass is 127. The lowest BCUT2D eigenvalue weighted by Gasteiger charge is -2.11. The van der Waals surface area contributed by atoms with Crippen molar-refractivity contribution >= 4 is 39.4 Å². The van der Waals surface area contributed by atoms with Crippen LogP contribution < -0.4 is 11.1 Å². The second-order valence-electron chi connectivity index (χ2n) is 4.38. The molecule has 0 spiro atoms. The smallest absolute Gasteiger partial charge is 0.146 e. The highest BCUT2D eigenvalue weighted by molar-refractivity contribution is 14.1. The van der Waals surface area contributed by atoms with Gasteiger partial charge in [-0.2, -0.15) is 0 Å². The Morgan fingerprint density at radius 1 is 1.53 bits per heavy atom. The maximum absolute atomic E-state index is 5.89. The Balaban J connectivity index is 2.01. The third-order valence-electron chi connectivity index (χ3n) is 3.22. The zero-order chi connectivity index (χ0) is 11.8. The predicted molar refractivity (Wildman–Crippen MR) is 75.7 cm³/mol. The number of nitrogens with zero attached hydrogens (tertiary/aromatic N) is 3. The number of nitrogen functional groups attached to an aromatic ring is 1. The Morgan fingerprint density at radius 3 is 3.18 bits per heavy atom. The fourth-order valence-corrected chi connectivity index (χ4v) is 3.24. The van der Waals surface area contributed by atoms with Crippen LogP contribution in [0.5, 0.6) is 0 Å². The summed E-state index contributed by atoms with van der Waals surface area (Å²) in [4.78, 5) is 8.39. The van der Waals surface area contributed by atoms with E-state index in [0.717, 1.165) is 27.7 Å². The number of aromatic nitrogens is 3. The monoisotopic (exact) mass is 343 g/mol. The molecular formula is C11H14IN5. The predicted octanol–water partition coefficient (Wildman–Crippen LogP) is 1.37. The van der Waals surface area contributed by atoms with Crippen LogP contribution in [0, 0.1) is 3.57 Å². The first-order chi connectivity index (χ1) is 8.25. The molecule has 2 aromatic heterocycles. The number of hydrogen-bond acceptors (Lipinski definition) is 4. The third kappa shape index (κ3) is 1.99. The highest BCUT2D eigenvalue weighted by Crippen LogP contribution is 2.25. The Labute approximate surface area is 113 Å². The maximum atomic E-state index is 5.89. The number of fused-ring (bicyclic) bond motifs is 1. The van der Waals surface area contributed by atoms with Crippen molar-refractivity contribution in [2.75, 3.05) is 12.3 Å². The molecule has 5 nitrogen and oxygen atoms in total. The molecule has 1 atom stereocenters. The van der Waals surface area contributed by atoms with Gasteiger partial charge in [0, 0.05) is 22.4 Å². The molecule has 0 saturated carbocycles. The van der Waals surface area contributed by atoms with Gasteiger partial charge in [0.2, 0.25) is 0 Å². The molecule has 1 saturated heterocycles. The molecule has 0 bridgehead atoms. The van der Waals surface area contributed by atoms with Crippen LogP contribution in [0.25, 0.3) is 11.0 Å². The lowest BCUT2D eigenvalue weighted by atomic mass is 10.2. The summed E-state index contributed by atoms with van der Waals surface area (Å²) in [6, 6.07) is 0.553. The average molecular weight is 343 g/mol. The molecule has 0 amide bonds. The number of rotatable bonds is 2. The second-order valence-corrected chi connectivity index (χ2v) is 5.54. The molecule has 3 rings (SSSR count). The van der Waals surface area contributed by atoms with E-state index in [-0.39, 0.29) is 0 Å². The molecule has 90 valence electrons. The SMILES string of the molecule is Nc1ncnc2c1c(I)cn2CC1CCCN1. The van der Waals surface area contributed by atoms with Crippen molar-refractivity contribution in [3.8, 4) is 0 Å². The number of nitrogens with one attached hydrogen (secondary N) is 1. The Kier molecular flexibility index (Phi) is 2.91. The fourth-order valence-electron chi connectivity index (χ4n) is 2.39. The van der Waals surface area contributed by atoms with Crippen molar-refractivity contribution < 1.29 is 0 Å². The van der Waals surface area contributed by atoms with Crippen molar-refractivity contribution in [1.29, 1.82) is 0 Å². The third-order valence-corrected chi connectivity index (χ3v) is 4.03. The maximum Gasteiger partial charge on any atom is 0.146 e. The van der Waals surface area contributed by atoms with Gasteiger partial charge in [0.15, 0.2) is 0 Å².